The van der Waals surface area contributed by atoms with E-state index in [1.807, 2.05) is 13.8 Å². The molecule has 0 aliphatic carbocycles. The van der Waals surface area contributed by atoms with Crippen LogP contribution in [0.5, 0.6) is 0 Å². The molecule has 1 aliphatic rings. The average Bonchev–Trinajstić information content (AvgIpc) is 3.07. The Morgan fingerprint density at radius 2 is 1.93 bits per heavy atom. The Balaban J connectivity index is 2.06. The van der Waals surface area contributed by atoms with E-state index in [9.17, 15) is 14.4 Å². The molecule has 0 atom stereocenters. The molecule has 1 heterocycles. The number of amides is 3. The second kappa shape index (κ2) is 10.5. The minimum absolute atomic E-state index is 0.0198. The van der Waals surface area contributed by atoms with Crippen LogP contribution in [-0.4, -0.2) is 53.8 Å². The van der Waals surface area contributed by atoms with Crippen molar-refractivity contribution in [3.63, 3.8) is 0 Å². The minimum Gasteiger partial charge on any atom is -0.333 e. The number of rotatable bonds is 9. The standard InChI is InChI=1S/C21H30ClN3O3/c1-4-7-11-23(21(28)16(5-2)6-3)13-19(26)24-14-20(27)25(15-24)18-10-8-9-17(22)12-18/h8-10,12,16H,4-7,11,13-15H2,1-3H3. The molecule has 154 valence electrons. The van der Waals surface area contributed by atoms with Crippen LogP contribution in [0, 0.1) is 5.92 Å². The summed E-state index contributed by atoms with van der Waals surface area (Å²) in [5.41, 5.74) is 0.670. The highest BCUT2D eigenvalue weighted by Crippen LogP contribution is 2.23. The van der Waals surface area contributed by atoms with Crippen LogP contribution in [0.15, 0.2) is 24.3 Å². The molecule has 3 amide bonds. The van der Waals surface area contributed by atoms with Crippen molar-refractivity contribution < 1.29 is 14.4 Å². The lowest BCUT2D eigenvalue weighted by Gasteiger charge is -2.28. The van der Waals surface area contributed by atoms with Crippen molar-refractivity contribution in [3.8, 4) is 0 Å². The van der Waals surface area contributed by atoms with E-state index in [0.717, 1.165) is 25.7 Å². The zero-order valence-electron chi connectivity index (χ0n) is 17.0. The molecular weight excluding hydrogens is 378 g/mol. The second-order valence-electron chi connectivity index (χ2n) is 7.16. The van der Waals surface area contributed by atoms with Gasteiger partial charge in [0.2, 0.25) is 17.7 Å². The summed E-state index contributed by atoms with van der Waals surface area (Å²) in [5.74, 6) is -0.382. The monoisotopic (exact) mass is 407 g/mol. The predicted octanol–water partition coefficient (Wildman–Crippen LogP) is 3.54. The molecule has 0 N–H and O–H groups in total. The van der Waals surface area contributed by atoms with Gasteiger partial charge in [0.1, 0.15) is 13.2 Å². The second-order valence-corrected chi connectivity index (χ2v) is 7.60. The third-order valence-corrected chi connectivity index (χ3v) is 5.40. The summed E-state index contributed by atoms with van der Waals surface area (Å²) < 4.78 is 0. The number of hydrogen-bond acceptors (Lipinski definition) is 3. The lowest BCUT2D eigenvalue weighted by atomic mass is 10.0. The van der Waals surface area contributed by atoms with Crippen molar-refractivity contribution in [1.29, 1.82) is 0 Å². The van der Waals surface area contributed by atoms with Gasteiger partial charge >= 0.3 is 0 Å². The topological polar surface area (TPSA) is 60.9 Å². The van der Waals surface area contributed by atoms with Gasteiger partial charge in [-0.2, -0.15) is 0 Å². The van der Waals surface area contributed by atoms with E-state index in [-0.39, 0.29) is 43.4 Å². The van der Waals surface area contributed by atoms with Gasteiger partial charge in [-0.05, 0) is 37.5 Å². The van der Waals surface area contributed by atoms with Gasteiger partial charge in [0.05, 0.1) is 6.54 Å². The SMILES string of the molecule is CCCCN(CC(=O)N1CC(=O)N(c2cccc(Cl)c2)C1)C(=O)C(CC)CC. The molecule has 6 nitrogen and oxygen atoms in total. The minimum atomic E-state index is -0.201. The molecule has 1 aromatic carbocycles. The van der Waals surface area contributed by atoms with Crippen molar-refractivity contribution >= 4 is 35.0 Å². The fraction of sp³-hybridized carbons (Fsp3) is 0.571. The van der Waals surface area contributed by atoms with Crippen molar-refractivity contribution in [2.24, 2.45) is 5.92 Å². The number of hydrogen-bond donors (Lipinski definition) is 0. The van der Waals surface area contributed by atoms with Crippen molar-refractivity contribution in [2.45, 2.75) is 46.5 Å². The smallest absolute Gasteiger partial charge is 0.248 e. The first-order valence-corrected chi connectivity index (χ1v) is 10.4. The molecule has 1 aliphatic heterocycles. The van der Waals surface area contributed by atoms with Crippen molar-refractivity contribution in [3.05, 3.63) is 29.3 Å². The van der Waals surface area contributed by atoms with E-state index in [1.165, 1.54) is 4.90 Å². The Kier molecular flexibility index (Phi) is 8.30. The number of nitrogens with zero attached hydrogens (tertiary/aromatic N) is 3. The summed E-state index contributed by atoms with van der Waals surface area (Å²) in [6.45, 7) is 6.83. The first-order valence-electron chi connectivity index (χ1n) is 10.0. The Hall–Kier alpha value is -2.08. The van der Waals surface area contributed by atoms with Crippen molar-refractivity contribution in [2.75, 3.05) is 31.2 Å². The molecule has 0 aromatic heterocycles. The van der Waals surface area contributed by atoms with E-state index >= 15 is 0 Å². The fourth-order valence-corrected chi connectivity index (χ4v) is 3.54. The quantitative estimate of drug-likeness (QED) is 0.629. The number of anilines is 1. The molecule has 0 saturated carbocycles. The highest BCUT2D eigenvalue weighted by Gasteiger charge is 2.33. The van der Waals surface area contributed by atoms with Crippen LogP contribution in [0.1, 0.15) is 46.5 Å². The molecular formula is C21H30ClN3O3. The first kappa shape index (κ1) is 22.2. The van der Waals surface area contributed by atoms with E-state index in [1.54, 1.807) is 34.1 Å². The third kappa shape index (κ3) is 5.47. The van der Waals surface area contributed by atoms with E-state index in [4.69, 9.17) is 11.6 Å². The largest absolute Gasteiger partial charge is 0.333 e. The Bertz CT molecular complexity index is 706. The molecule has 1 aromatic rings. The molecule has 28 heavy (non-hydrogen) atoms. The molecule has 0 spiro atoms. The first-order chi connectivity index (χ1) is 13.4. The summed E-state index contributed by atoms with van der Waals surface area (Å²) >= 11 is 6.02. The summed E-state index contributed by atoms with van der Waals surface area (Å²) in [4.78, 5) is 42.8. The van der Waals surface area contributed by atoms with Crippen LogP contribution in [0.4, 0.5) is 5.69 Å². The maximum absolute atomic E-state index is 12.8. The lowest BCUT2D eigenvalue weighted by Crippen LogP contribution is -2.45. The maximum atomic E-state index is 12.8. The molecule has 2 rings (SSSR count). The van der Waals surface area contributed by atoms with Gasteiger partial charge in [0, 0.05) is 23.2 Å². The number of halogens is 1. The van der Waals surface area contributed by atoms with Crippen molar-refractivity contribution in [1.82, 2.24) is 9.80 Å². The summed E-state index contributed by atoms with van der Waals surface area (Å²) in [6.07, 6.45) is 3.33. The normalized spacial score (nSPS) is 14.1. The number of unbranched alkanes of at least 4 members (excludes halogenated alkanes) is 1. The highest BCUT2D eigenvalue weighted by molar-refractivity contribution is 6.31. The highest BCUT2D eigenvalue weighted by atomic mass is 35.5. The van der Waals surface area contributed by atoms with Gasteiger partial charge in [-0.1, -0.05) is 44.9 Å². The van der Waals surface area contributed by atoms with Crippen LogP contribution in [0.3, 0.4) is 0 Å². The molecule has 1 saturated heterocycles. The lowest BCUT2D eigenvalue weighted by molar-refractivity contribution is -0.143. The summed E-state index contributed by atoms with van der Waals surface area (Å²) in [7, 11) is 0. The van der Waals surface area contributed by atoms with Crippen LogP contribution < -0.4 is 4.90 Å². The van der Waals surface area contributed by atoms with Gasteiger partial charge in [-0.3, -0.25) is 19.3 Å². The van der Waals surface area contributed by atoms with E-state index in [0.29, 0.717) is 17.3 Å². The predicted molar refractivity (Wildman–Crippen MR) is 111 cm³/mol. The Labute approximate surface area is 172 Å². The number of carbonyl (C=O) groups excluding carboxylic acids is 3. The average molecular weight is 408 g/mol. The molecule has 1 fully saturated rings. The summed E-state index contributed by atoms with van der Waals surface area (Å²) in [6, 6.07) is 7.01. The maximum Gasteiger partial charge on any atom is 0.248 e. The molecule has 7 heteroatoms. The zero-order chi connectivity index (χ0) is 20.7. The van der Waals surface area contributed by atoms with Gasteiger partial charge in [0.25, 0.3) is 0 Å². The van der Waals surface area contributed by atoms with Gasteiger partial charge < -0.3 is 9.80 Å². The third-order valence-electron chi connectivity index (χ3n) is 5.17. The molecule has 0 radical (unpaired) electrons. The van der Waals surface area contributed by atoms with E-state index in [2.05, 4.69) is 6.92 Å². The van der Waals surface area contributed by atoms with Crippen LogP contribution >= 0.6 is 11.6 Å². The molecule has 0 unspecified atom stereocenters. The Morgan fingerprint density at radius 1 is 1.21 bits per heavy atom. The van der Waals surface area contributed by atoms with Gasteiger partial charge in [0.15, 0.2) is 0 Å². The summed E-state index contributed by atoms with van der Waals surface area (Å²) in [5, 5.41) is 0.539. The van der Waals surface area contributed by atoms with Gasteiger partial charge in [-0.25, -0.2) is 0 Å². The van der Waals surface area contributed by atoms with Crippen LogP contribution in [-0.2, 0) is 14.4 Å². The Morgan fingerprint density at radius 3 is 2.54 bits per heavy atom. The van der Waals surface area contributed by atoms with Crippen LogP contribution in [0.2, 0.25) is 5.02 Å². The molecule has 0 bridgehead atoms. The number of benzene rings is 1. The van der Waals surface area contributed by atoms with Crippen LogP contribution in [0.25, 0.3) is 0 Å². The zero-order valence-corrected chi connectivity index (χ0v) is 17.7. The van der Waals surface area contributed by atoms with Gasteiger partial charge in [-0.15, -0.1) is 0 Å². The fourth-order valence-electron chi connectivity index (χ4n) is 3.36. The number of carbonyl (C=O) groups is 3. The van der Waals surface area contributed by atoms with E-state index < -0.39 is 0 Å².